The van der Waals surface area contributed by atoms with Crippen LogP contribution in [-0.2, 0) is 14.3 Å². The van der Waals surface area contributed by atoms with Crippen LogP contribution in [0.25, 0.3) is 0 Å². The molecule has 2 atom stereocenters. The number of benzene rings is 2. The van der Waals surface area contributed by atoms with E-state index in [4.69, 9.17) is 27.9 Å². The van der Waals surface area contributed by atoms with Gasteiger partial charge in [0.15, 0.2) is 0 Å². The van der Waals surface area contributed by atoms with Crippen LogP contribution in [-0.4, -0.2) is 35.0 Å². The second-order valence-electron chi connectivity index (χ2n) is 7.64. The van der Waals surface area contributed by atoms with E-state index in [9.17, 15) is 9.59 Å². The van der Waals surface area contributed by atoms with Gasteiger partial charge in [0.25, 0.3) is 5.91 Å². The van der Waals surface area contributed by atoms with Crippen LogP contribution in [0.15, 0.2) is 48.5 Å². The second kappa shape index (κ2) is 11.0. The maximum atomic E-state index is 13.1. The number of hydrazine groups is 1. The first-order chi connectivity index (χ1) is 15.0. The molecule has 0 aliphatic carbocycles. The van der Waals surface area contributed by atoms with Gasteiger partial charge in [-0.2, -0.15) is 0 Å². The second-order valence-corrected chi connectivity index (χ2v) is 8.51. The molecule has 0 radical (unpaired) electrons. The average Bonchev–Trinajstić information content (AvgIpc) is 2.77. The van der Waals surface area contributed by atoms with E-state index in [1.807, 2.05) is 38.1 Å². The third kappa shape index (κ3) is 5.59. The normalized spacial score (nSPS) is 18.8. The molecule has 2 aromatic carbocycles. The van der Waals surface area contributed by atoms with Crippen LogP contribution < -0.4 is 0 Å². The molecule has 1 heterocycles. The van der Waals surface area contributed by atoms with Gasteiger partial charge in [-0.1, -0.05) is 67.7 Å². The Morgan fingerprint density at radius 1 is 1.00 bits per heavy atom. The van der Waals surface area contributed by atoms with E-state index in [0.29, 0.717) is 23.0 Å². The number of nitrogens with zero attached hydrogens (tertiary/aromatic N) is 2. The van der Waals surface area contributed by atoms with E-state index >= 15 is 0 Å². The maximum absolute atomic E-state index is 13.1. The number of unbranched alkanes of at least 4 members (excludes halogenated alkanes) is 1. The lowest BCUT2D eigenvalue weighted by molar-refractivity contribution is -0.197. The smallest absolute Gasteiger partial charge is 0.267 e. The van der Waals surface area contributed by atoms with E-state index in [0.717, 1.165) is 30.4 Å². The Labute approximate surface area is 193 Å². The summed E-state index contributed by atoms with van der Waals surface area (Å²) < 4.78 is 6.03. The first-order valence-corrected chi connectivity index (χ1v) is 11.5. The number of amides is 2. The fourth-order valence-electron chi connectivity index (χ4n) is 3.81. The van der Waals surface area contributed by atoms with Gasteiger partial charge in [-0.05, 0) is 48.2 Å². The molecule has 1 saturated heterocycles. The quantitative estimate of drug-likeness (QED) is 0.484. The highest BCUT2D eigenvalue weighted by atomic mass is 35.5. The summed E-state index contributed by atoms with van der Waals surface area (Å²) in [5, 5.41) is 4.44. The Bertz CT molecular complexity index is 887. The number of rotatable bonds is 8. The topological polar surface area (TPSA) is 49.9 Å². The first-order valence-electron chi connectivity index (χ1n) is 10.7. The first kappa shape index (κ1) is 23.6. The van der Waals surface area contributed by atoms with Crippen molar-refractivity contribution in [3.8, 4) is 0 Å². The maximum Gasteiger partial charge on any atom is 0.267 e. The number of ether oxygens (including phenoxy) is 1. The van der Waals surface area contributed by atoms with E-state index in [2.05, 4.69) is 0 Å². The lowest BCUT2D eigenvalue weighted by Gasteiger charge is -2.46. The fourth-order valence-corrected chi connectivity index (χ4v) is 4.07. The van der Waals surface area contributed by atoms with Crippen molar-refractivity contribution >= 4 is 35.0 Å². The number of hydrogen-bond donors (Lipinski definition) is 0. The number of carbonyl (C=O) groups excluding carboxylic acids is 2. The molecule has 0 saturated carbocycles. The van der Waals surface area contributed by atoms with Gasteiger partial charge in [0.05, 0.1) is 0 Å². The summed E-state index contributed by atoms with van der Waals surface area (Å²) in [7, 11) is 0. The number of hydrogen-bond acceptors (Lipinski definition) is 3. The highest BCUT2D eigenvalue weighted by molar-refractivity contribution is 6.30. The summed E-state index contributed by atoms with van der Waals surface area (Å²) in [6.07, 6.45) is 2.39. The molecule has 0 unspecified atom stereocenters. The van der Waals surface area contributed by atoms with Crippen molar-refractivity contribution in [3.05, 3.63) is 69.7 Å². The van der Waals surface area contributed by atoms with E-state index in [1.165, 1.54) is 0 Å². The molecular formula is C24H28Cl2N2O3. The Kier molecular flexibility index (Phi) is 8.35. The van der Waals surface area contributed by atoms with E-state index in [1.54, 1.807) is 34.3 Å². The molecule has 1 aliphatic heterocycles. The minimum absolute atomic E-state index is 0.0484. The summed E-state index contributed by atoms with van der Waals surface area (Å²) in [6.45, 7) is 4.41. The van der Waals surface area contributed by atoms with Crippen molar-refractivity contribution < 1.29 is 14.3 Å². The zero-order chi connectivity index (χ0) is 22.4. The number of morpholine rings is 1. The Morgan fingerprint density at radius 3 is 2.13 bits per heavy atom. The van der Waals surface area contributed by atoms with Gasteiger partial charge in [-0.15, -0.1) is 0 Å². The lowest BCUT2D eigenvalue weighted by atomic mass is 9.93. The summed E-state index contributed by atoms with van der Waals surface area (Å²) >= 11 is 12.2. The SMILES string of the molecule is CCCCC(=O)N(CCC)N1C(=O)CO[C@H](c2ccc(Cl)cc2)[C@@H]1c1ccc(Cl)cc1. The molecule has 0 N–H and O–H groups in total. The van der Waals surface area contributed by atoms with Crippen LogP contribution in [0.5, 0.6) is 0 Å². The van der Waals surface area contributed by atoms with Crippen molar-refractivity contribution in [2.75, 3.05) is 13.2 Å². The molecule has 0 spiro atoms. The van der Waals surface area contributed by atoms with Crippen molar-refractivity contribution in [2.45, 2.75) is 51.7 Å². The number of halogens is 2. The molecule has 1 fully saturated rings. The van der Waals surface area contributed by atoms with E-state index < -0.39 is 12.1 Å². The molecule has 7 heteroatoms. The highest BCUT2D eigenvalue weighted by Gasteiger charge is 2.43. The predicted molar refractivity (Wildman–Crippen MR) is 123 cm³/mol. The number of carbonyl (C=O) groups is 2. The van der Waals surface area contributed by atoms with Gasteiger partial charge in [-0.3, -0.25) is 14.6 Å². The van der Waals surface area contributed by atoms with Crippen molar-refractivity contribution in [3.63, 3.8) is 0 Å². The van der Waals surface area contributed by atoms with Gasteiger partial charge in [0, 0.05) is 23.0 Å². The summed E-state index contributed by atoms with van der Waals surface area (Å²) in [5.41, 5.74) is 1.74. The molecule has 2 aromatic rings. The molecule has 2 amide bonds. The standard InChI is InChI=1S/C24H28Cl2N2O3/c1-3-5-6-21(29)27(15-4-2)28-22(30)16-31-24(18-9-13-20(26)14-10-18)23(28)17-7-11-19(25)12-8-17/h7-14,23-24H,3-6,15-16H2,1-2H3/t23-,24+/m0/s1. The average molecular weight is 463 g/mol. The summed E-state index contributed by atoms with van der Waals surface area (Å²) in [4.78, 5) is 26.2. The largest absolute Gasteiger partial charge is 0.361 e. The van der Waals surface area contributed by atoms with E-state index in [-0.39, 0.29) is 18.4 Å². The molecule has 0 bridgehead atoms. The van der Waals surface area contributed by atoms with Crippen molar-refractivity contribution in [1.82, 2.24) is 10.0 Å². The molecule has 3 rings (SSSR count). The van der Waals surface area contributed by atoms with Gasteiger partial charge < -0.3 is 4.74 Å². The Morgan fingerprint density at radius 2 is 1.58 bits per heavy atom. The van der Waals surface area contributed by atoms with Crippen molar-refractivity contribution in [1.29, 1.82) is 0 Å². The van der Waals surface area contributed by atoms with Gasteiger partial charge in [-0.25, -0.2) is 5.01 Å². The van der Waals surface area contributed by atoms with Crippen LogP contribution in [0.4, 0.5) is 0 Å². The van der Waals surface area contributed by atoms with Gasteiger partial charge in [0.1, 0.15) is 18.8 Å². The zero-order valence-corrected chi connectivity index (χ0v) is 19.4. The van der Waals surface area contributed by atoms with Gasteiger partial charge in [0.2, 0.25) is 5.91 Å². The molecule has 166 valence electrons. The Balaban J connectivity index is 2.07. The minimum Gasteiger partial charge on any atom is -0.361 e. The Hall–Kier alpha value is -2.08. The lowest BCUT2D eigenvalue weighted by Crippen LogP contribution is -2.56. The van der Waals surface area contributed by atoms with Gasteiger partial charge >= 0.3 is 0 Å². The molecule has 31 heavy (non-hydrogen) atoms. The highest BCUT2D eigenvalue weighted by Crippen LogP contribution is 2.41. The molecule has 0 aromatic heterocycles. The summed E-state index contributed by atoms with van der Waals surface area (Å²) in [5.74, 6) is -0.281. The zero-order valence-electron chi connectivity index (χ0n) is 17.9. The molecular weight excluding hydrogens is 435 g/mol. The van der Waals surface area contributed by atoms with Crippen LogP contribution in [0.1, 0.15) is 62.8 Å². The monoisotopic (exact) mass is 462 g/mol. The third-order valence-corrected chi connectivity index (χ3v) is 5.83. The predicted octanol–water partition coefficient (Wildman–Crippen LogP) is 5.98. The van der Waals surface area contributed by atoms with Crippen LogP contribution in [0.3, 0.4) is 0 Å². The molecule has 1 aliphatic rings. The van der Waals surface area contributed by atoms with Crippen LogP contribution in [0.2, 0.25) is 10.0 Å². The molecule has 5 nitrogen and oxygen atoms in total. The van der Waals surface area contributed by atoms with Crippen LogP contribution in [0, 0.1) is 0 Å². The van der Waals surface area contributed by atoms with Crippen LogP contribution >= 0.6 is 23.2 Å². The minimum atomic E-state index is -0.503. The fraction of sp³-hybridized carbons (Fsp3) is 0.417. The third-order valence-electron chi connectivity index (χ3n) is 5.33. The summed E-state index contributed by atoms with van der Waals surface area (Å²) in [6, 6.07) is 14.2. The van der Waals surface area contributed by atoms with Crippen molar-refractivity contribution in [2.24, 2.45) is 0 Å².